The van der Waals surface area contributed by atoms with Gasteiger partial charge >= 0.3 is 12.1 Å². The van der Waals surface area contributed by atoms with E-state index in [4.69, 9.17) is 9.47 Å². The number of alkyl carbamates (subject to hydrolysis) is 1. The van der Waals surface area contributed by atoms with Gasteiger partial charge in [-0.25, -0.2) is 9.59 Å². The van der Waals surface area contributed by atoms with Crippen LogP contribution in [0.4, 0.5) is 4.79 Å². The molecule has 0 aliphatic heterocycles. The highest BCUT2D eigenvalue weighted by atomic mass is 16.6. The maximum Gasteiger partial charge on any atom is 0.407 e. The molecule has 0 aromatic carbocycles. The van der Waals surface area contributed by atoms with E-state index < -0.39 is 12.1 Å². The Morgan fingerprint density at radius 2 is 1.82 bits per heavy atom. The van der Waals surface area contributed by atoms with Crippen LogP contribution in [0.3, 0.4) is 0 Å². The van der Waals surface area contributed by atoms with Gasteiger partial charge in [-0.3, -0.25) is 0 Å². The van der Waals surface area contributed by atoms with Gasteiger partial charge in [0.15, 0.2) is 0 Å². The van der Waals surface area contributed by atoms with E-state index in [1.54, 1.807) is 6.92 Å². The van der Waals surface area contributed by atoms with Crippen LogP contribution in [0, 0.1) is 11.3 Å². The van der Waals surface area contributed by atoms with Crippen LogP contribution in [0.25, 0.3) is 0 Å². The lowest BCUT2D eigenvalue weighted by Crippen LogP contribution is -2.35. The first-order chi connectivity index (χ1) is 10.2. The van der Waals surface area contributed by atoms with Crippen LogP contribution in [0.2, 0.25) is 0 Å². The van der Waals surface area contributed by atoms with Crippen molar-refractivity contribution in [1.29, 1.82) is 0 Å². The van der Waals surface area contributed by atoms with E-state index in [9.17, 15) is 9.59 Å². The van der Waals surface area contributed by atoms with Gasteiger partial charge in [0, 0.05) is 12.1 Å². The van der Waals surface area contributed by atoms with Crippen molar-refractivity contribution in [3.05, 3.63) is 12.2 Å². The smallest absolute Gasteiger partial charge is 0.407 e. The van der Waals surface area contributed by atoms with Crippen molar-refractivity contribution in [1.82, 2.24) is 5.32 Å². The van der Waals surface area contributed by atoms with Crippen LogP contribution in [-0.4, -0.2) is 31.8 Å². The third-order valence-electron chi connectivity index (χ3n) is 3.29. The second kappa shape index (κ2) is 10.2. The minimum Gasteiger partial charge on any atom is -0.459 e. The molecule has 5 nitrogen and oxygen atoms in total. The fourth-order valence-corrected chi connectivity index (χ4v) is 2.36. The van der Waals surface area contributed by atoms with Crippen molar-refractivity contribution in [2.24, 2.45) is 11.3 Å². The highest BCUT2D eigenvalue weighted by molar-refractivity contribution is 5.86. The highest BCUT2D eigenvalue weighted by Gasteiger charge is 2.22. The van der Waals surface area contributed by atoms with Crippen molar-refractivity contribution in [3.8, 4) is 0 Å². The molecule has 0 rings (SSSR count). The number of carbonyl (C=O) groups excluding carboxylic acids is 2. The van der Waals surface area contributed by atoms with Crippen LogP contribution in [0.5, 0.6) is 0 Å². The van der Waals surface area contributed by atoms with Gasteiger partial charge in [-0.05, 0) is 24.7 Å². The Kier molecular flexibility index (Phi) is 9.54. The molecule has 0 aliphatic carbocycles. The van der Waals surface area contributed by atoms with E-state index in [1.807, 2.05) is 0 Å². The minimum absolute atomic E-state index is 0.0278. The number of ether oxygens (including phenoxy) is 2. The van der Waals surface area contributed by atoms with Gasteiger partial charge in [0.25, 0.3) is 0 Å². The lowest BCUT2D eigenvalue weighted by atomic mass is 9.82. The van der Waals surface area contributed by atoms with E-state index in [-0.39, 0.29) is 18.6 Å². The highest BCUT2D eigenvalue weighted by Crippen LogP contribution is 2.26. The Morgan fingerprint density at radius 1 is 1.23 bits per heavy atom. The van der Waals surface area contributed by atoms with Crippen LogP contribution < -0.4 is 5.32 Å². The Labute approximate surface area is 134 Å². The number of rotatable bonds is 10. The summed E-state index contributed by atoms with van der Waals surface area (Å²) in [6.07, 6.45) is 2.94. The van der Waals surface area contributed by atoms with Crippen molar-refractivity contribution in [2.75, 3.05) is 19.8 Å². The average Bonchev–Trinajstić information content (AvgIpc) is 2.40. The van der Waals surface area contributed by atoms with Gasteiger partial charge in [-0.1, -0.05) is 47.1 Å². The molecule has 0 radical (unpaired) electrons. The number of esters is 1. The molecule has 0 heterocycles. The first-order valence-corrected chi connectivity index (χ1v) is 7.91. The van der Waals surface area contributed by atoms with Gasteiger partial charge < -0.3 is 14.8 Å². The molecule has 22 heavy (non-hydrogen) atoms. The zero-order valence-electron chi connectivity index (χ0n) is 14.7. The average molecular weight is 313 g/mol. The Bertz CT molecular complexity index is 377. The molecular weight excluding hydrogens is 282 g/mol. The minimum atomic E-state index is -0.484. The molecule has 128 valence electrons. The second-order valence-electron chi connectivity index (χ2n) is 6.67. The molecule has 1 unspecified atom stereocenters. The number of nitrogens with one attached hydrogen (secondary N) is 1. The van der Waals surface area contributed by atoms with Crippen LogP contribution >= 0.6 is 0 Å². The summed E-state index contributed by atoms with van der Waals surface area (Å²) in [7, 11) is 0. The predicted molar refractivity (Wildman–Crippen MR) is 87.6 cm³/mol. The summed E-state index contributed by atoms with van der Waals surface area (Å²) in [6.45, 7) is 14.4. The van der Waals surface area contributed by atoms with Gasteiger partial charge in [0.1, 0.15) is 13.2 Å². The van der Waals surface area contributed by atoms with E-state index in [1.165, 1.54) is 12.8 Å². The Hall–Kier alpha value is -1.52. The molecule has 1 amide bonds. The van der Waals surface area contributed by atoms with E-state index in [0.29, 0.717) is 18.0 Å². The van der Waals surface area contributed by atoms with E-state index in [2.05, 4.69) is 39.6 Å². The molecule has 1 atom stereocenters. The van der Waals surface area contributed by atoms with Gasteiger partial charge in [-0.2, -0.15) is 0 Å². The summed E-state index contributed by atoms with van der Waals surface area (Å²) >= 11 is 0. The van der Waals surface area contributed by atoms with Crippen molar-refractivity contribution in [3.63, 3.8) is 0 Å². The molecule has 0 saturated heterocycles. The topological polar surface area (TPSA) is 64.6 Å². The molecule has 1 N–H and O–H groups in total. The molecule has 0 saturated carbocycles. The van der Waals surface area contributed by atoms with Crippen molar-refractivity contribution in [2.45, 2.75) is 53.9 Å². The van der Waals surface area contributed by atoms with Crippen molar-refractivity contribution < 1.29 is 19.1 Å². The van der Waals surface area contributed by atoms with Crippen molar-refractivity contribution >= 4 is 12.1 Å². The standard InChI is InChI=1S/C17H31NO4/c1-7-8-14(4)11-17(5,6)12-18-16(20)22-10-9-21-15(19)13(2)3/h14H,2,7-12H2,1,3-6H3,(H,18,20). The van der Waals surface area contributed by atoms with E-state index in [0.717, 1.165) is 6.42 Å². The fraction of sp³-hybridized carbons (Fsp3) is 0.765. The normalized spacial score (nSPS) is 12.4. The van der Waals surface area contributed by atoms with Gasteiger partial charge in [0.2, 0.25) is 0 Å². The van der Waals surface area contributed by atoms with Crippen LogP contribution in [0.1, 0.15) is 53.9 Å². The molecule has 0 aromatic rings. The monoisotopic (exact) mass is 313 g/mol. The summed E-state index contributed by atoms with van der Waals surface area (Å²) < 4.78 is 9.80. The maximum atomic E-state index is 11.6. The second-order valence-corrected chi connectivity index (χ2v) is 6.67. The first-order valence-electron chi connectivity index (χ1n) is 7.91. The summed E-state index contributed by atoms with van der Waals surface area (Å²) in [4.78, 5) is 22.7. The summed E-state index contributed by atoms with van der Waals surface area (Å²) in [6, 6.07) is 0. The number of hydrogen-bond donors (Lipinski definition) is 1. The zero-order valence-corrected chi connectivity index (χ0v) is 14.7. The largest absolute Gasteiger partial charge is 0.459 e. The lowest BCUT2D eigenvalue weighted by molar-refractivity contribution is -0.139. The van der Waals surface area contributed by atoms with Gasteiger partial charge in [-0.15, -0.1) is 0 Å². The molecule has 0 aliphatic rings. The molecule has 0 bridgehead atoms. The Morgan fingerprint density at radius 3 is 2.36 bits per heavy atom. The number of hydrogen-bond acceptors (Lipinski definition) is 4. The van der Waals surface area contributed by atoms with E-state index >= 15 is 0 Å². The summed E-state index contributed by atoms with van der Waals surface area (Å²) in [5, 5.41) is 2.76. The number of carbonyl (C=O) groups is 2. The predicted octanol–water partition coefficient (Wildman–Crippen LogP) is 3.68. The first kappa shape index (κ1) is 20.5. The molecule has 0 fully saturated rings. The lowest BCUT2D eigenvalue weighted by Gasteiger charge is -2.28. The molecule has 0 spiro atoms. The maximum absolute atomic E-state index is 11.6. The fourth-order valence-electron chi connectivity index (χ4n) is 2.36. The molecule has 5 heteroatoms. The third kappa shape index (κ3) is 10.2. The Balaban J connectivity index is 3.88. The molecular formula is C17H31NO4. The summed E-state index contributed by atoms with van der Waals surface area (Å²) in [5.74, 6) is 0.162. The van der Waals surface area contributed by atoms with Gasteiger partial charge in [0.05, 0.1) is 0 Å². The quantitative estimate of drug-likeness (QED) is 0.379. The third-order valence-corrected chi connectivity index (χ3v) is 3.29. The zero-order chi connectivity index (χ0) is 17.2. The molecule has 0 aromatic heterocycles. The van der Waals surface area contributed by atoms with Crippen LogP contribution in [-0.2, 0) is 14.3 Å². The SMILES string of the molecule is C=C(C)C(=O)OCCOC(=O)NCC(C)(C)CC(C)CCC. The van der Waals surface area contributed by atoms with Crippen LogP contribution in [0.15, 0.2) is 12.2 Å². The number of amides is 1. The summed E-state index contributed by atoms with van der Waals surface area (Å²) in [5.41, 5.74) is 0.354.